The second-order valence-electron chi connectivity index (χ2n) is 7.39. The van der Waals surface area contributed by atoms with Crippen molar-refractivity contribution in [2.45, 2.75) is 37.1 Å². The zero-order chi connectivity index (χ0) is 20.6. The number of benzene rings is 1. The summed E-state index contributed by atoms with van der Waals surface area (Å²) in [7, 11) is 3.20. The van der Waals surface area contributed by atoms with E-state index in [1.165, 1.54) is 0 Å². The zero-order valence-corrected chi connectivity index (χ0v) is 18.5. The van der Waals surface area contributed by atoms with E-state index in [0.29, 0.717) is 41.1 Å². The highest BCUT2D eigenvalue weighted by Gasteiger charge is 2.54. The van der Waals surface area contributed by atoms with E-state index < -0.39 is 6.04 Å². The summed E-state index contributed by atoms with van der Waals surface area (Å²) in [6, 6.07) is 5.00. The Labute approximate surface area is 179 Å². The van der Waals surface area contributed by atoms with E-state index in [9.17, 15) is 9.59 Å². The van der Waals surface area contributed by atoms with Crippen LogP contribution in [0.5, 0.6) is 11.5 Å². The molecular formula is C20H25N3O4S2. The zero-order valence-electron chi connectivity index (χ0n) is 16.8. The lowest BCUT2D eigenvalue weighted by atomic mass is 10.2. The van der Waals surface area contributed by atoms with Gasteiger partial charge in [-0.2, -0.15) is 0 Å². The van der Waals surface area contributed by atoms with Crippen LogP contribution in [0.15, 0.2) is 23.2 Å². The van der Waals surface area contributed by atoms with Gasteiger partial charge in [0.05, 0.1) is 19.1 Å². The monoisotopic (exact) mass is 435 g/mol. The number of nitrogens with zero attached hydrogens (tertiary/aromatic N) is 3. The molecular weight excluding hydrogens is 410 g/mol. The summed E-state index contributed by atoms with van der Waals surface area (Å²) >= 11 is 3.27. The van der Waals surface area contributed by atoms with Crippen molar-refractivity contribution in [2.24, 2.45) is 4.99 Å². The minimum atomic E-state index is -0.420. The first-order chi connectivity index (χ1) is 14.0. The molecule has 3 saturated heterocycles. The maximum Gasteiger partial charge on any atom is 0.252 e. The molecule has 0 radical (unpaired) electrons. The third-order valence-corrected chi connectivity index (χ3v) is 8.15. The fraction of sp³-hybridized carbons (Fsp3) is 0.550. The van der Waals surface area contributed by atoms with Crippen molar-refractivity contribution in [3.63, 3.8) is 0 Å². The van der Waals surface area contributed by atoms with Gasteiger partial charge >= 0.3 is 0 Å². The van der Waals surface area contributed by atoms with Crippen LogP contribution in [0.25, 0.3) is 0 Å². The summed E-state index contributed by atoms with van der Waals surface area (Å²) in [5.41, 5.74) is 0.622. The number of methoxy groups -OCH3 is 2. The van der Waals surface area contributed by atoms with E-state index in [0.717, 1.165) is 18.6 Å². The maximum atomic E-state index is 13.5. The number of hydrogen-bond donors (Lipinski definition) is 0. The van der Waals surface area contributed by atoms with Crippen LogP contribution >= 0.6 is 23.5 Å². The number of aliphatic imine (C=N–C) groups is 1. The molecule has 156 valence electrons. The lowest BCUT2D eigenvalue weighted by Gasteiger charge is -2.34. The Bertz CT molecular complexity index is 862. The van der Waals surface area contributed by atoms with Crippen LogP contribution in [0.1, 0.15) is 26.2 Å². The van der Waals surface area contributed by atoms with Crippen LogP contribution < -0.4 is 9.47 Å². The number of fused-ring (bicyclic) bond motifs is 1. The number of amides is 2. The van der Waals surface area contributed by atoms with Gasteiger partial charge in [0.25, 0.3) is 5.91 Å². The number of carbonyl (C=O) groups excluding carboxylic acids is 2. The van der Waals surface area contributed by atoms with E-state index in [-0.39, 0.29) is 16.7 Å². The van der Waals surface area contributed by atoms with Gasteiger partial charge in [-0.25, -0.2) is 4.99 Å². The molecule has 3 heterocycles. The van der Waals surface area contributed by atoms with Crippen LogP contribution in [0.2, 0.25) is 0 Å². The van der Waals surface area contributed by atoms with E-state index in [1.807, 2.05) is 11.0 Å². The number of thioether (sulfide) groups is 2. The minimum absolute atomic E-state index is 0.0377. The maximum absolute atomic E-state index is 13.5. The molecule has 3 fully saturated rings. The van der Waals surface area contributed by atoms with Crippen LogP contribution in [0, 0.1) is 0 Å². The lowest BCUT2D eigenvalue weighted by Crippen LogP contribution is -2.53. The summed E-state index contributed by atoms with van der Waals surface area (Å²) in [6.45, 7) is 2.67. The molecule has 0 aromatic heterocycles. The van der Waals surface area contributed by atoms with E-state index in [2.05, 4.69) is 6.92 Å². The van der Waals surface area contributed by atoms with Gasteiger partial charge in [0.2, 0.25) is 5.91 Å². The summed E-state index contributed by atoms with van der Waals surface area (Å²) in [6.07, 6.45) is 2.22. The Kier molecular flexibility index (Phi) is 5.70. The smallest absolute Gasteiger partial charge is 0.252 e. The van der Waals surface area contributed by atoms with Gasteiger partial charge in [-0.3, -0.25) is 14.5 Å². The number of amidine groups is 1. The van der Waals surface area contributed by atoms with Crippen molar-refractivity contribution >= 4 is 46.2 Å². The molecule has 1 aromatic rings. The van der Waals surface area contributed by atoms with Crippen molar-refractivity contribution in [2.75, 3.05) is 32.3 Å². The molecule has 0 unspecified atom stereocenters. The summed E-state index contributed by atoms with van der Waals surface area (Å²) in [5, 5.41) is 0.651. The predicted octanol–water partition coefficient (Wildman–Crippen LogP) is 3.11. The SMILES string of the molecule is COc1ccc(OC)c(N=C2SCCCN2C(=O)[C@H]2CS[C@]3(C)CCC(=O)N23)c1. The highest BCUT2D eigenvalue weighted by molar-refractivity contribution is 8.13. The first-order valence-corrected chi connectivity index (χ1v) is 11.6. The summed E-state index contributed by atoms with van der Waals surface area (Å²) in [4.78, 5) is 34.0. The Morgan fingerprint density at radius 2 is 2.14 bits per heavy atom. The topological polar surface area (TPSA) is 71.4 Å². The average molecular weight is 436 g/mol. The molecule has 0 aliphatic carbocycles. The summed E-state index contributed by atoms with van der Waals surface area (Å²) < 4.78 is 10.7. The Balaban J connectivity index is 1.64. The number of rotatable bonds is 4. The molecule has 0 spiro atoms. The molecule has 9 heteroatoms. The fourth-order valence-electron chi connectivity index (χ4n) is 4.03. The summed E-state index contributed by atoms with van der Waals surface area (Å²) in [5.74, 6) is 2.87. The van der Waals surface area contributed by atoms with Crippen LogP contribution in [-0.2, 0) is 9.59 Å². The Morgan fingerprint density at radius 1 is 1.31 bits per heavy atom. The second-order valence-corrected chi connectivity index (χ2v) is 9.95. The van der Waals surface area contributed by atoms with Gasteiger partial charge in [0.15, 0.2) is 5.17 Å². The number of carbonyl (C=O) groups is 2. The lowest BCUT2D eigenvalue weighted by molar-refractivity contribution is -0.141. The first kappa shape index (κ1) is 20.4. The molecule has 4 rings (SSSR count). The van der Waals surface area contributed by atoms with E-state index >= 15 is 0 Å². The standard InChI is InChI=1S/C20H25N3O4S2/c1-20-8-7-17(24)23(20)15(12-29-20)18(25)22-9-4-10-28-19(22)21-14-11-13(26-2)5-6-16(14)27-3/h5-6,11,15H,4,7-10,12H2,1-3H3/t15-,20-/m1/s1. The van der Waals surface area contributed by atoms with Crippen LogP contribution in [0.3, 0.4) is 0 Å². The van der Waals surface area contributed by atoms with Gasteiger partial charge in [-0.05, 0) is 31.9 Å². The van der Waals surface area contributed by atoms with Crippen molar-refractivity contribution in [3.05, 3.63) is 18.2 Å². The first-order valence-electron chi connectivity index (χ1n) is 9.68. The quantitative estimate of drug-likeness (QED) is 0.724. The van der Waals surface area contributed by atoms with Crippen molar-refractivity contribution in [1.29, 1.82) is 0 Å². The highest BCUT2D eigenvalue weighted by Crippen LogP contribution is 2.47. The molecule has 0 N–H and O–H groups in total. The van der Waals surface area contributed by atoms with Crippen molar-refractivity contribution in [1.82, 2.24) is 9.80 Å². The predicted molar refractivity (Wildman–Crippen MR) is 116 cm³/mol. The number of ether oxygens (including phenoxy) is 2. The average Bonchev–Trinajstić information content (AvgIpc) is 3.23. The molecule has 7 nitrogen and oxygen atoms in total. The van der Waals surface area contributed by atoms with Gasteiger partial charge in [-0.15, -0.1) is 11.8 Å². The fourth-order valence-corrected chi connectivity index (χ4v) is 6.41. The normalized spacial score (nSPS) is 28.0. The Morgan fingerprint density at radius 3 is 2.90 bits per heavy atom. The highest BCUT2D eigenvalue weighted by atomic mass is 32.2. The second kappa shape index (κ2) is 8.10. The van der Waals surface area contributed by atoms with Crippen LogP contribution in [-0.4, -0.2) is 70.0 Å². The molecule has 29 heavy (non-hydrogen) atoms. The molecule has 3 aliphatic heterocycles. The molecule has 1 aromatic carbocycles. The largest absolute Gasteiger partial charge is 0.497 e. The number of hydrogen-bond acceptors (Lipinski definition) is 7. The van der Waals surface area contributed by atoms with E-state index in [4.69, 9.17) is 14.5 Å². The molecule has 3 aliphatic rings. The van der Waals surface area contributed by atoms with Crippen LogP contribution in [0.4, 0.5) is 5.69 Å². The molecule has 0 saturated carbocycles. The minimum Gasteiger partial charge on any atom is -0.497 e. The molecule has 0 bridgehead atoms. The van der Waals surface area contributed by atoms with E-state index in [1.54, 1.807) is 54.8 Å². The van der Waals surface area contributed by atoms with Gasteiger partial charge < -0.3 is 14.4 Å². The Hall–Kier alpha value is -1.87. The third-order valence-electron chi connectivity index (χ3n) is 5.59. The van der Waals surface area contributed by atoms with Gasteiger partial charge in [-0.1, -0.05) is 11.8 Å². The third kappa shape index (κ3) is 3.70. The van der Waals surface area contributed by atoms with Gasteiger partial charge in [0, 0.05) is 30.5 Å². The van der Waals surface area contributed by atoms with Crippen molar-refractivity contribution < 1.29 is 19.1 Å². The molecule has 2 atom stereocenters. The molecule has 2 amide bonds. The van der Waals surface area contributed by atoms with Crippen molar-refractivity contribution in [3.8, 4) is 11.5 Å². The van der Waals surface area contributed by atoms with Gasteiger partial charge in [0.1, 0.15) is 23.2 Å².